The highest BCUT2D eigenvalue weighted by Crippen LogP contribution is 2.34. The molecule has 2 heterocycles. The molecule has 0 saturated carbocycles. The minimum absolute atomic E-state index is 0.212. The van der Waals surface area contributed by atoms with Gasteiger partial charge in [0.2, 0.25) is 6.79 Å². The van der Waals surface area contributed by atoms with Gasteiger partial charge in [-0.3, -0.25) is 4.79 Å². The predicted molar refractivity (Wildman–Crippen MR) is 124 cm³/mol. The SMILES string of the molecule is COc1ccc(-c2nn(-c3ccccc3)cc2C(=O)NC(C)c2ccc3c(c2)OCO3)cc1. The lowest BCUT2D eigenvalue weighted by Gasteiger charge is -2.15. The number of benzene rings is 3. The van der Waals surface area contributed by atoms with Crippen LogP contribution in [-0.2, 0) is 0 Å². The first-order valence-electron chi connectivity index (χ1n) is 10.6. The van der Waals surface area contributed by atoms with E-state index in [1.54, 1.807) is 18.0 Å². The van der Waals surface area contributed by atoms with E-state index >= 15 is 0 Å². The molecule has 7 heteroatoms. The number of nitrogens with one attached hydrogen (secondary N) is 1. The number of carbonyl (C=O) groups excluding carboxylic acids is 1. The number of rotatable bonds is 6. The number of methoxy groups -OCH3 is 1. The fraction of sp³-hybridized carbons (Fsp3) is 0.154. The van der Waals surface area contributed by atoms with E-state index in [0.29, 0.717) is 22.8 Å². The molecule has 1 aromatic heterocycles. The number of carbonyl (C=O) groups is 1. The summed E-state index contributed by atoms with van der Waals surface area (Å²) in [5.41, 5.74) is 3.70. The van der Waals surface area contributed by atoms with E-state index in [2.05, 4.69) is 5.32 Å². The van der Waals surface area contributed by atoms with Crippen LogP contribution in [0.4, 0.5) is 0 Å². The second-order valence-corrected chi connectivity index (χ2v) is 7.71. The van der Waals surface area contributed by atoms with Crippen molar-refractivity contribution >= 4 is 5.91 Å². The van der Waals surface area contributed by atoms with Gasteiger partial charge in [0.1, 0.15) is 11.4 Å². The van der Waals surface area contributed by atoms with Crippen LogP contribution in [0.15, 0.2) is 79.0 Å². The zero-order valence-corrected chi connectivity index (χ0v) is 18.3. The van der Waals surface area contributed by atoms with Crippen molar-refractivity contribution < 1.29 is 19.0 Å². The molecule has 3 aromatic carbocycles. The zero-order chi connectivity index (χ0) is 22.8. The molecule has 33 heavy (non-hydrogen) atoms. The lowest BCUT2D eigenvalue weighted by atomic mass is 10.1. The lowest BCUT2D eigenvalue weighted by Crippen LogP contribution is -2.26. The summed E-state index contributed by atoms with van der Waals surface area (Å²) in [7, 11) is 1.62. The second-order valence-electron chi connectivity index (χ2n) is 7.71. The summed E-state index contributed by atoms with van der Waals surface area (Å²) in [6, 6.07) is 22.6. The van der Waals surface area contributed by atoms with Gasteiger partial charge >= 0.3 is 0 Å². The Morgan fingerprint density at radius 1 is 1.03 bits per heavy atom. The summed E-state index contributed by atoms with van der Waals surface area (Å²) < 4.78 is 17.8. The van der Waals surface area contributed by atoms with Gasteiger partial charge in [0.05, 0.1) is 24.4 Å². The molecule has 0 aliphatic carbocycles. The first-order chi connectivity index (χ1) is 16.1. The van der Waals surface area contributed by atoms with Crippen LogP contribution in [0.2, 0.25) is 0 Å². The van der Waals surface area contributed by atoms with Crippen molar-refractivity contribution in [2.45, 2.75) is 13.0 Å². The zero-order valence-electron chi connectivity index (χ0n) is 18.3. The van der Waals surface area contributed by atoms with Crippen molar-refractivity contribution in [1.29, 1.82) is 0 Å². The number of nitrogens with zero attached hydrogens (tertiary/aromatic N) is 2. The molecule has 1 aliphatic rings. The summed E-state index contributed by atoms with van der Waals surface area (Å²) in [6.07, 6.45) is 1.76. The summed E-state index contributed by atoms with van der Waals surface area (Å²) in [5.74, 6) is 1.92. The van der Waals surface area contributed by atoms with E-state index in [4.69, 9.17) is 19.3 Å². The van der Waals surface area contributed by atoms with E-state index in [1.165, 1.54) is 0 Å². The number of hydrogen-bond donors (Lipinski definition) is 1. The third kappa shape index (κ3) is 4.13. The van der Waals surface area contributed by atoms with Crippen LogP contribution in [0.1, 0.15) is 28.9 Å². The Labute approximate surface area is 191 Å². The Hall–Kier alpha value is -4.26. The van der Waals surface area contributed by atoms with Crippen LogP contribution in [0, 0.1) is 0 Å². The summed E-state index contributed by atoms with van der Waals surface area (Å²) in [4.78, 5) is 13.4. The van der Waals surface area contributed by atoms with Crippen LogP contribution in [0.5, 0.6) is 17.2 Å². The fourth-order valence-electron chi connectivity index (χ4n) is 3.76. The van der Waals surface area contributed by atoms with Gasteiger partial charge in [-0.15, -0.1) is 0 Å². The van der Waals surface area contributed by atoms with Gasteiger partial charge in [-0.05, 0) is 61.0 Å². The first-order valence-corrected chi connectivity index (χ1v) is 10.6. The molecule has 0 bridgehead atoms. The molecule has 0 fully saturated rings. The topological polar surface area (TPSA) is 74.6 Å². The lowest BCUT2D eigenvalue weighted by molar-refractivity contribution is 0.0940. The molecule has 7 nitrogen and oxygen atoms in total. The smallest absolute Gasteiger partial charge is 0.255 e. The van der Waals surface area contributed by atoms with Gasteiger partial charge in [-0.2, -0.15) is 5.10 Å². The number of hydrogen-bond acceptors (Lipinski definition) is 5. The van der Waals surface area contributed by atoms with Gasteiger partial charge in [-0.25, -0.2) is 4.68 Å². The van der Waals surface area contributed by atoms with Crippen LogP contribution in [0.25, 0.3) is 16.9 Å². The predicted octanol–water partition coefficient (Wildman–Crippen LogP) is 4.77. The van der Waals surface area contributed by atoms with Crippen LogP contribution < -0.4 is 19.5 Å². The standard InChI is InChI=1S/C26H23N3O4/c1-17(19-10-13-23-24(14-19)33-16-32-23)27-26(30)22-15-29(20-6-4-3-5-7-20)28-25(22)18-8-11-21(31-2)12-9-18/h3-15,17H,16H2,1-2H3,(H,27,30). The van der Waals surface area contributed by atoms with Gasteiger partial charge in [0, 0.05) is 11.8 Å². The van der Waals surface area contributed by atoms with Crippen molar-refractivity contribution in [3.8, 4) is 34.2 Å². The monoisotopic (exact) mass is 441 g/mol. The molecule has 1 aliphatic heterocycles. The highest BCUT2D eigenvalue weighted by molar-refractivity contribution is 6.00. The molecule has 1 amide bonds. The maximum absolute atomic E-state index is 13.4. The molecule has 0 radical (unpaired) electrons. The first kappa shape index (κ1) is 20.6. The largest absolute Gasteiger partial charge is 0.497 e. The van der Waals surface area contributed by atoms with Gasteiger partial charge < -0.3 is 19.5 Å². The summed E-state index contributed by atoms with van der Waals surface area (Å²) in [5, 5.41) is 7.82. The van der Waals surface area contributed by atoms with Crippen molar-refractivity contribution in [1.82, 2.24) is 15.1 Å². The van der Waals surface area contributed by atoms with Crippen LogP contribution >= 0.6 is 0 Å². The summed E-state index contributed by atoms with van der Waals surface area (Å²) >= 11 is 0. The van der Waals surface area contributed by atoms with E-state index in [9.17, 15) is 4.79 Å². The Morgan fingerprint density at radius 3 is 2.55 bits per heavy atom. The number of ether oxygens (including phenoxy) is 3. The van der Waals surface area contributed by atoms with E-state index in [-0.39, 0.29) is 18.7 Å². The number of para-hydroxylation sites is 1. The van der Waals surface area contributed by atoms with Crippen LogP contribution in [0.3, 0.4) is 0 Å². The molecule has 1 unspecified atom stereocenters. The van der Waals surface area contributed by atoms with E-state index in [0.717, 1.165) is 22.6 Å². The maximum Gasteiger partial charge on any atom is 0.255 e. The van der Waals surface area contributed by atoms with E-state index in [1.807, 2.05) is 79.7 Å². The second kappa shape index (κ2) is 8.70. The average Bonchev–Trinajstić information content (AvgIpc) is 3.51. The van der Waals surface area contributed by atoms with Gasteiger partial charge in [0.25, 0.3) is 5.91 Å². The van der Waals surface area contributed by atoms with Crippen LogP contribution in [-0.4, -0.2) is 29.6 Å². The van der Waals surface area contributed by atoms with Crippen molar-refractivity contribution in [2.24, 2.45) is 0 Å². The normalized spacial score (nSPS) is 12.9. The quantitative estimate of drug-likeness (QED) is 0.467. The Kier molecular flexibility index (Phi) is 5.44. The Balaban J connectivity index is 1.47. The molecule has 4 aromatic rings. The number of amides is 1. The third-order valence-corrected chi connectivity index (χ3v) is 5.59. The minimum atomic E-state index is -0.240. The molecule has 0 spiro atoms. The van der Waals surface area contributed by atoms with E-state index < -0.39 is 0 Å². The van der Waals surface area contributed by atoms with Gasteiger partial charge in [0.15, 0.2) is 11.5 Å². The third-order valence-electron chi connectivity index (χ3n) is 5.59. The summed E-state index contributed by atoms with van der Waals surface area (Å²) in [6.45, 7) is 2.15. The highest BCUT2D eigenvalue weighted by Gasteiger charge is 2.22. The molecular weight excluding hydrogens is 418 g/mol. The minimum Gasteiger partial charge on any atom is -0.497 e. The molecular formula is C26H23N3O4. The van der Waals surface area contributed by atoms with Gasteiger partial charge in [-0.1, -0.05) is 24.3 Å². The number of fused-ring (bicyclic) bond motifs is 1. The molecule has 166 valence electrons. The molecule has 5 rings (SSSR count). The Bertz CT molecular complexity index is 1280. The number of aromatic nitrogens is 2. The maximum atomic E-state index is 13.4. The molecule has 1 atom stereocenters. The average molecular weight is 441 g/mol. The van der Waals surface area contributed by atoms with Crippen molar-refractivity contribution in [3.05, 3.63) is 90.1 Å². The molecule has 0 saturated heterocycles. The van der Waals surface area contributed by atoms with Crippen molar-refractivity contribution in [3.63, 3.8) is 0 Å². The highest BCUT2D eigenvalue weighted by atomic mass is 16.7. The van der Waals surface area contributed by atoms with Crippen molar-refractivity contribution in [2.75, 3.05) is 13.9 Å². The molecule has 1 N–H and O–H groups in total. The fourth-order valence-corrected chi connectivity index (χ4v) is 3.76. The Morgan fingerprint density at radius 2 is 1.79 bits per heavy atom.